The van der Waals surface area contributed by atoms with E-state index in [-0.39, 0.29) is 42.1 Å². The van der Waals surface area contributed by atoms with Crippen LogP contribution < -0.4 is 16.0 Å². The molecule has 176 valence electrons. The van der Waals surface area contributed by atoms with E-state index in [9.17, 15) is 9.18 Å². The minimum absolute atomic E-state index is 0. The van der Waals surface area contributed by atoms with Gasteiger partial charge in [0.15, 0.2) is 5.96 Å². The second-order valence-corrected chi connectivity index (χ2v) is 8.86. The van der Waals surface area contributed by atoms with Gasteiger partial charge in [-0.3, -0.25) is 14.7 Å². The molecule has 3 N–H and O–H groups in total. The van der Waals surface area contributed by atoms with Gasteiger partial charge in [0.25, 0.3) is 0 Å². The molecular weight excluding hydrogens is 540 g/mol. The number of thiophene rings is 1. The Morgan fingerprint density at radius 3 is 2.62 bits per heavy atom. The Balaban J connectivity index is 0.00000363. The van der Waals surface area contributed by atoms with E-state index in [1.54, 1.807) is 19.2 Å². The maximum atomic E-state index is 12.9. The number of rotatable bonds is 8. The molecule has 2 unspecified atom stereocenters. The quantitative estimate of drug-likeness (QED) is 0.196. The molecule has 0 spiro atoms. The van der Waals surface area contributed by atoms with Crippen LogP contribution in [0.2, 0.25) is 0 Å². The number of nitrogens with one attached hydrogen (secondary N) is 3. The van der Waals surface area contributed by atoms with Crippen molar-refractivity contribution in [1.82, 2.24) is 20.9 Å². The van der Waals surface area contributed by atoms with Gasteiger partial charge >= 0.3 is 0 Å². The summed E-state index contributed by atoms with van der Waals surface area (Å²) in [5, 5.41) is 11.7. The van der Waals surface area contributed by atoms with Crippen LogP contribution in [0.15, 0.2) is 46.8 Å². The SMILES string of the molecule is CN=C(NCCNC(=O)Cc1ccc(F)cc1)NCC1CCCN(C)C1c1cccs1.I. The monoisotopic (exact) mass is 573 g/mol. The first-order chi connectivity index (χ1) is 15.1. The fourth-order valence-electron chi connectivity index (χ4n) is 4.06. The normalized spacial score (nSPS) is 19.2. The van der Waals surface area contributed by atoms with Gasteiger partial charge in [0.2, 0.25) is 5.91 Å². The fraction of sp³-hybridized carbons (Fsp3) is 0.478. The van der Waals surface area contributed by atoms with Gasteiger partial charge in [-0.25, -0.2) is 4.39 Å². The molecule has 2 heterocycles. The number of hydrogen-bond acceptors (Lipinski definition) is 4. The molecule has 1 aliphatic rings. The molecule has 0 bridgehead atoms. The molecule has 1 saturated heterocycles. The number of benzene rings is 1. The highest BCUT2D eigenvalue weighted by atomic mass is 127. The smallest absolute Gasteiger partial charge is 0.224 e. The van der Waals surface area contributed by atoms with Crippen LogP contribution in [-0.4, -0.2) is 57.0 Å². The second-order valence-electron chi connectivity index (χ2n) is 7.88. The number of amides is 1. The molecule has 0 saturated carbocycles. The lowest BCUT2D eigenvalue weighted by atomic mass is 9.88. The van der Waals surface area contributed by atoms with E-state index in [4.69, 9.17) is 0 Å². The summed E-state index contributed by atoms with van der Waals surface area (Å²) in [6.07, 6.45) is 2.64. The minimum atomic E-state index is -0.297. The van der Waals surface area contributed by atoms with Crippen molar-refractivity contribution in [3.8, 4) is 0 Å². The van der Waals surface area contributed by atoms with Gasteiger partial charge in [0.05, 0.1) is 6.42 Å². The Labute approximate surface area is 211 Å². The summed E-state index contributed by atoms with van der Waals surface area (Å²) in [5.74, 6) is 0.881. The number of likely N-dealkylation sites (tertiary alicyclic amines) is 1. The van der Waals surface area contributed by atoms with Crippen molar-refractivity contribution in [2.75, 3.05) is 40.3 Å². The van der Waals surface area contributed by atoms with Crippen LogP contribution >= 0.6 is 35.3 Å². The average molecular weight is 574 g/mol. The van der Waals surface area contributed by atoms with Crippen LogP contribution in [0.1, 0.15) is 29.3 Å². The number of halogens is 2. The van der Waals surface area contributed by atoms with Crippen LogP contribution in [-0.2, 0) is 11.2 Å². The third kappa shape index (κ3) is 8.00. The predicted molar refractivity (Wildman–Crippen MR) is 140 cm³/mol. The van der Waals surface area contributed by atoms with Crippen LogP contribution in [0.25, 0.3) is 0 Å². The maximum absolute atomic E-state index is 12.9. The molecule has 0 radical (unpaired) electrons. The number of aliphatic imine (C=N–C) groups is 1. The van der Waals surface area contributed by atoms with E-state index in [2.05, 4.69) is 50.4 Å². The van der Waals surface area contributed by atoms with E-state index in [1.807, 2.05) is 11.3 Å². The van der Waals surface area contributed by atoms with Gasteiger partial charge in [-0.2, -0.15) is 0 Å². The van der Waals surface area contributed by atoms with Gasteiger partial charge in [0, 0.05) is 37.6 Å². The lowest BCUT2D eigenvalue weighted by molar-refractivity contribution is -0.120. The average Bonchev–Trinajstić information content (AvgIpc) is 3.29. The van der Waals surface area contributed by atoms with Crippen LogP contribution in [0.4, 0.5) is 4.39 Å². The van der Waals surface area contributed by atoms with Crippen LogP contribution in [0.5, 0.6) is 0 Å². The van der Waals surface area contributed by atoms with Gasteiger partial charge in [-0.05, 0) is 61.5 Å². The number of piperidine rings is 1. The van der Waals surface area contributed by atoms with E-state index in [1.165, 1.54) is 29.9 Å². The molecule has 3 rings (SSSR count). The molecule has 1 fully saturated rings. The molecule has 6 nitrogen and oxygen atoms in total. The topological polar surface area (TPSA) is 68.8 Å². The Hall–Kier alpha value is -1.72. The molecule has 1 aromatic heterocycles. The summed E-state index contributed by atoms with van der Waals surface area (Å²) in [6, 6.07) is 10.8. The largest absolute Gasteiger partial charge is 0.356 e. The molecule has 32 heavy (non-hydrogen) atoms. The highest BCUT2D eigenvalue weighted by molar-refractivity contribution is 14.0. The Morgan fingerprint density at radius 1 is 1.19 bits per heavy atom. The molecule has 9 heteroatoms. The molecule has 1 amide bonds. The van der Waals surface area contributed by atoms with E-state index < -0.39 is 0 Å². The zero-order chi connectivity index (χ0) is 22.1. The Morgan fingerprint density at radius 2 is 1.94 bits per heavy atom. The van der Waals surface area contributed by atoms with Crippen molar-refractivity contribution in [3.05, 3.63) is 58.0 Å². The van der Waals surface area contributed by atoms with Crippen molar-refractivity contribution < 1.29 is 9.18 Å². The summed E-state index contributed by atoms with van der Waals surface area (Å²) in [4.78, 5) is 20.2. The summed E-state index contributed by atoms with van der Waals surface area (Å²) in [7, 11) is 3.96. The number of guanidine groups is 1. The summed E-state index contributed by atoms with van der Waals surface area (Å²) >= 11 is 1.82. The number of carbonyl (C=O) groups is 1. The second kappa shape index (κ2) is 13.7. The van der Waals surface area contributed by atoms with Crippen molar-refractivity contribution in [3.63, 3.8) is 0 Å². The van der Waals surface area contributed by atoms with Gasteiger partial charge in [-0.1, -0.05) is 18.2 Å². The van der Waals surface area contributed by atoms with Crippen molar-refractivity contribution in [2.45, 2.75) is 25.3 Å². The van der Waals surface area contributed by atoms with E-state index in [0.717, 1.165) is 24.6 Å². The third-order valence-corrected chi connectivity index (χ3v) is 6.56. The van der Waals surface area contributed by atoms with Gasteiger partial charge in [0.1, 0.15) is 5.82 Å². The predicted octanol–water partition coefficient (Wildman–Crippen LogP) is 3.41. The first-order valence-corrected chi connectivity index (χ1v) is 11.6. The molecule has 2 atom stereocenters. The van der Waals surface area contributed by atoms with E-state index >= 15 is 0 Å². The lowest BCUT2D eigenvalue weighted by Gasteiger charge is -2.39. The highest BCUT2D eigenvalue weighted by Crippen LogP contribution is 2.36. The van der Waals surface area contributed by atoms with E-state index in [0.29, 0.717) is 25.0 Å². The first-order valence-electron chi connectivity index (χ1n) is 10.8. The third-order valence-electron chi connectivity index (χ3n) is 5.61. The molecule has 1 aromatic carbocycles. The number of hydrogen-bond donors (Lipinski definition) is 3. The van der Waals surface area contributed by atoms with Crippen molar-refractivity contribution in [1.29, 1.82) is 0 Å². The van der Waals surface area contributed by atoms with Crippen molar-refractivity contribution in [2.24, 2.45) is 10.9 Å². The zero-order valence-electron chi connectivity index (χ0n) is 18.6. The summed E-state index contributed by atoms with van der Waals surface area (Å²) in [5.41, 5.74) is 0.794. The fourth-order valence-corrected chi connectivity index (χ4v) is 5.05. The minimum Gasteiger partial charge on any atom is -0.356 e. The molecule has 2 aromatic rings. The Kier molecular flexibility index (Phi) is 11.4. The van der Waals surface area contributed by atoms with Crippen molar-refractivity contribution >= 4 is 47.2 Å². The molecule has 1 aliphatic heterocycles. The molecule has 0 aliphatic carbocycles. The maximum Gasteiger partial charge on any atom is 0.224 e. The Bertz CT molecular complexity index is 847. The van der Waals surface area contributed by atoms with Gasteiger partial charge in [-0.15, -0.1) is 35.3 Å². The molecular formula is C23H33FIN5OS. The number of carbonyl (C=O) groups excluding carboxylic acids is 1. The number of nitrogens with zero attached hydrogens (tertiary/aromatic N) is 2. The zero-order valence-corrected chi connectivity index (χ0v) is 21.8. The van der Waals surface area contributed by atoms with Crippen LogP contribution in [0, 0.1) is 11.7 Å². The highest BCUT2D eigenvalue weighted by Gasteiger charge is 2.31. The van der Waals surface area contributed by atoms with Crippen LogP contribution in [0.3, 0.4) is 0 Å². The first kappa shape index (κ1) is 26.5. The summed E-state index contributed by atoms with van der Waals surface area (Å²) < 4.78 is 12.9. The summed E-state index contributed by atoms with van der Waals surface area (Å²) in [6.45, 7) is 3.05. The lowest BCUT2D eigenvalue weighted by Crippen LogP contribution is -2.46. The standard InChI is InChI=1S/C23H32FN5OS.HI/c1-25-23(27-12-11-26-21(30)15-17-7-9-19(24)10-8-17)28-16-18-5-3-13-29(2)22(18)20-6-4-14-31-20;/h4,6-10,14,18,22H,3,5,11-13,15-16H2,1-2H3,(H,26,30)(H2,25,27,28);1H. The van der Waals surface area contributed by atoms with Gasteiger partial charge < -0.3 is 16.0 Å².